The molecule has 5 heteroatoms. The molecule has 2 aromatic carbocycles. The van der Waals surface area contributed by atoms with Crippen molar-refractivity contribution >= 4 is 29.1 Å². The second-order valence-electron chi connectivity index (χ2n) is 7.38. The minimum Gasteiger partial charge on any atom is -0.348 e. The first kappa shape index (κ1) is 20.2. The molecule has 0 bridgehead atoms. The molecule has 1 fully saturated rings. The fourth-order valence-corrected chi connectivity index (χ4v) is 4.66. The number of nitrogens with zero attached hydrogens (tertiary/aromatic N) is 1. The minimum absolute atomic E-state index is 0.0350. The molecule has 0 saturated carbocycles. The van der Waals surface area contributed by atoms with Gasteiger partial charge in [0.25, 0.3) is 5.91 Å². The average molecular weight is 405 g/mol. The lowest BCUT2D eigenvalue weighted by Gasteiger charge is -2.46. The van der Waals surface area contributed by atoms with Gasteiger partial charge in [0.15, 0.2) is 0 Å². The third kappa shape index (κ3) is 4.31. The van der Waals surface area contributed by atoms with Crippen molar-refractivity contribution < 1.29 is 4.79 Å². The molecule has 0 aromatic heterocycles. The zero-order valence-electron chi connectivity index (χ0n) is 15.8. The van der Waals surface area contributed by atoms with Crippen LogP contribution in [0, 0.1) is 0 Å². The van der Waals surface area contributed by atoms with Gasteiger partial charge in [0, 0.05) is 16.5 Å². The number of nitrogens with one attached hydrogen (secondary N) is 1. The molecule has 2 aromatic rings. The summed E-state index contributed by atoms with van der Waals surface area (Å²) in [5.41, 5.74) is 1.69. The first-order valence-electron chi connectivity index (χ1n) is 9.46. The normalized spacial score (nSPS) is 18.1. The molecular weight excluding hydrogens is 379 g/mol. The predicted molar refractivity (Wildman–Crippen MR) is 113 cm³/mol. The lowest BCUT2D eigenvalue weighted by Crippen LogP contribution is -2.55. The molecule has 0 radical (unpaired) electrons. The molecule has 0 aliphatic carbocycles. The lowest BCUT2D eigenvalue weighted by molar-refractivity contribution is 0.0865. The van der Waals surface area contributed by atoms with Gasteiger partial charge in [-0.1, -0.05) is 60.5 Å². The zero-order valence-corrected chi connectivity index (χ0v) is 17.4. The Hall–Kier alpha value is -1.55. The summed E-state index contributed by atoms with van der Waals surface area (Å²) in [6.45, 7) is 4.17. The molecule has 1 saturated heterocycles. The van der Waals surface area contributed by atoms with Gasteiger partial charge in [0.1, 0.15) is 0 Å². The number of hydrogen-bond acceptors (Lipinski definition) is 2. The van der Waals surface area contributed by atoms with Crippen LogP contribution < -0.4 is 5.32 Å². The van der Waals surface area contributed by atoms with Gasteiger partial charge in [-0.15, -0.1) is 0 Å². The summed E-state index contributed by atoms with van der Waals surface area (Å²) in [4.78, 5) is 15.3. The summed E-state index contributed by atoms with van der Waals surface area (Å²) in [7, 11) is 2.15. The van der Waals surface area contributed by atoms with E-state index in [4.69, 9.17) is 23.2 Å². The Morgan fingerprint density at radius 1 is 1.15 bits per heavy atom. The molecule has 1 aliphatic rings. The van der Waals surface area contributed by atoms with E-state index in [9.17, 15) is 4.79 Å². The fourth-order valence-electron chi connectivity index (χ4n) is 4.17. The van der Waals surface area contributed by atoms with Gasteiger partial charge in [-0.3, -0.25) is 4.79 Å². The van der Waals surface area contributed by atoms with Gasteiger partial charge in [0.05, 0.1) is 10.6 Å². The van der Waals surface area contributed by atoms with Crippen molar-refractivity contribution in [2.24, 2.45) is 0 Å². The fraction of sp³-hybridized carbons (Fsp3) is 0.409. The number of rotatable bonds is 5. The van der Waals surface area contributed by atoms with Gasteiger partial charge >= 0.3 is 0 Å². The first-order chi connectivity index (χ1) is 13.0. The van der Waals surface area contributed by atoms with E-state index in [1.807, 2.05) is 6.07 Å². The van der Waals surface area contributed by atoms with E-state index in [2.05, 4.69) is 48.5 Å². The molecule has 1 amide bonds. The zero-order chi connectivity index (χ0) is 19.4. The second-order valence-corrected chi connectivity index (χ2v) is 8.23. The largest absolute Gasteiger partial charge is 0.348 e. The van der Waals surface area contributed by atoms with Crippen LogP contribution in [0.25, 0.3) is 0 Å². The predicted octanol–water partition coefficient (Wildman–Crippen LogP) is 5.17. The van der Waals surface area contributed by atoms with Crippen LogP contribution in [0.5, 0.6) is 0 Å². The summed E-state index contributed by atoms with van der Waals surface area (Å²) in [6.07, 6.45) is 2.89. The monoisotopic (exact) mass is 404 g/mol. The maximum atomic E-state index is 13.0. The Labute approximate surface area is 171 Å². The van der Waals surface area contributed by atoms with Crippen molar-refractivity contribution in [2.45, 2.75) is 37.6 Å². The third-order valence-electron chi connectivity index (χ3n) is 5.78. The maximum Gasteiger partial charge on any atom is 0.253 e. The average Bonchev–Trinajstić information content (AvgIpc) is 2.67. The number of likely N-dealkylation sites (tertiary alicyclic amines) is 1. The van der Waals surface area contributed by atoms with Gasteiger partial charge in [0.2, 0.25) is 0 Å². The molecule has 1 N–H and O–H groups in total. The Bertz CT molecular complexity index is 786. The molecule has 3 nitrogen and oxygen atoms in total. The number of carbonyl (C=O) groups is 1. The number of piperidine rings is 1. The summed E-state index contributed by atoms with van der Waals surface area (Å²) in [5, 5.41) is 4.19. The van der Waals surface area contributed by atoms with E-state index >= 15 is 0 Å². The van der Waals surface area contributed by atoms with Crippen LogP contribution in [0.1, 0.15) is 42.1 Å². The lowest BCUT2D eigenvalue weighted by atomic mass is 9.66. The van der Waals surface area contributed by atoms with Crippen LogP contribution in [0.4, 0.5) is 0 Å². The number of hydrogen-bond donors (Lipinski definition) is 1. The Morgan fingerprint density at radius 3 is 2.41 bits per heavy atom. The van der Waals surface area contributed by atoms with E-state index in [1.54, 1.807) is 18.2 Å². The van der Waals surface area contributed by atoms with Crippen LogP contribution in [0.3, 0.4) is 0 Å². The van der Waals surface area contributed by atoms with Gasteiger partial charge in [-0.05, 0) is 63.2 Å². The highest BCUT2D eigenvalue weighted by Crippen LogP contribution is 2.40. The van der Waals surface area contributed by atoms with Crippen LogP contribution in [-0.4, -0.2) is 37.0 Å². The van der Waals surface area contributed by atoms with Gasteiger partial charge in [-0.25, -0.2) is 0 Å². The van der Waals surface area contributed by atoms with Crippen molar-refractivity contribution in [3.63, 3.8) is 0 Å². The summed E-state index contributed by atoms with van der Waals surface area (Å²) < 4.78 is 0. The van der Waals surface area contributed by atoms with E-state index in [1.165, 1.54) is 5.56 Å². The van der Waals surface area contributed by atoms with Crippen LogP contribution in [0.15, 0.2) is 48.5 Å². The highest BCUT2D eigenvalue weighted by Gasteiger charge is 2.42. The molecule has 1 unspecified atom stereocenters. The molecule has 0 spiro atoms. The number of amides is 1. The molecule has 144 valence electrons. The first-order valence-corrected chi connectivity index (χ1v) is 10.2. The van der Waals surface area contributed by atoms with Gasteiger partial charge in [-0.2, -0.15) is 0 Å². The molecular formula is C22H26Cl2N2O. The van der Waals surface area contributed by atoms with E-state index < -0.39 is 0 Å². The summed E-state index contributed by atoms with van der Waals surface area (Å²) in [6, 6.07) is 15.6. The number of halogens is 2. The van der Waals surface area contributed by atoms with Crippen LogP contribution in [0.2, 0.25) is 10.0 Å². The molecule has 3 rings (SSSR count). The van der Waals surface area contributed by atoms with Crippen molar-refractivity contribution in [1.29, 1.82) is 0 Å². The minimum atomic E-state index is -0.141. The van der Waals surface area contributed by atoms with Crippen LogP contribution in [-0.2, 0) is 5.41 Å². The smallest absolute Gasteiger partial charge is 0.253 e. The second kappa shape index (κ2) is 8.64. The Kier molecular flexibility index (Phi) is 6.46. The summed E-state index contributed by atoms with van der Waals surface area (Å²) in [5.74, 6) is -0.141. The van der Waals surface area contributed by atoms with Crippen LogP contribution >= 0.6 is 23.2 Å². The molecule has 27 heavy (non-hydrogen) atoms. The molecule has 1 aliphatic heterocycles. The van der Waals surface area contributed by atoms with E-state index in [0.29, 0.717) is 15.6 Å². The van der Waals surface area contributed by atoms with Crippen molar-refractivity contribution in [2.75, 3.05) is 20.1 Å². The third-order valence-corrected chi connectivity index (χ3v) is 6.33. The molecule has 1 atom stereocenters. The van der Waals surface area contributed by atoms with Gasteiger partial charge < -0.3 is 10.2 Å². The molecule has 1 heterocycles. The maximum absolute atomic E-state index is 13.0. The summed E-state index contributed by atoms with van der Waals surface area (Å²) >= 11 is 12.2. The van der Waals surface area contributed by atoms with E-state index in [-0.39, 0.29) is 17.4 Å². The highest BCUT2D eigenvalue weighted by molar-refractivity contribution is 6.36. The topological polar surface area (TPSA) is 32.3 Å². The highest BCUT2D eigenvalue weighted by atomic mass is 35.5. The van der Waals surface area contributed by atoms with E-state index in [0.717, 1.165) is 32.4 Å². The van der Waals surface area contributed by atoms with Crippen molar-refractivity contribution in [3.05, 3.63) is 69.7 Å². The number of benzene rings is 2. The van der Waals surface area contributed by atoms with Crippen molar-refractivity contribution in [3.8, 4) is 0 Å². The SMILES string of the molecule is CCC(NC(=O)c1ccc(Cl)cc1Cl)C1(c2ccccc2)CCN(C)CC1. The Morgan fingerprint density at radius 2 is 1.81 bits per heavy atom. The quantitative estimate of drug-likeness (QED) is 0.745. The van der Waals surface area contributed by atoms with Crippen molar-refractivity contribution in [1.82, 2.24) is 10.2 Å². The Balaban J connectivity index is 1.91. The number of carbonyl (C=O) groups excluding carboxylic acids is 1. The standard InChI is InChI=1S/C22H26Cl2N2O/c1-3-20(25-21(27)18-10-9-17(23)15-19(18)24)22(11-13-26(2)14-12-22)16-7-5-4-6-8-16/h4-10,15,20H,3,11-14H2,1-2H3,(H,25,27).